The second-order valence-electron chi connectivity index (χ2n) is 4.54. The molecule has 3 nitrogen and oxygen atoms in total. The van der Waals surface area contributed by atoms with Crippen molar-refractivity contribution >= 4 is 11.3 Å². The Hall–Kier alpha value is -1.47. The number of hydrogen-bond acceptors (Lipinski definition) is 4. The molecule has 21 heavy (non-hydrogen) atoms. The van der Waals surface area contributed by atoms with Crippen molar-refractivity contribution in [3.05, 3.63) is 46.2 Å². The zero-order valence-electron chi connectivity index (χ0n) is 11.5. The van der Waals surface area contributed by atoms with Crippen molar-refractivity contribution < 1.29 is 13.2 Å². The molecule has 2 aromatic heterocycles. The minimum absolute atomic E-state index is 0.134. The van der Waals surface area contributed by atoms with Gasteiger partial charge in [-0.15, -0.1) is 11.3 Å². The van der Waals surface area contributed by atoms with Crippen LogP contribution in [-0.4, -0.2) is 16.5 Å². The third-order valence-electron chi connectivity index (χ3n) is 2.98. The first-order chi connectivity index (χ1) is 10.0. The molecule has 1 unspecified atom stereocenters. The zero-order valence-corrected chi connectivity index (χ0v) is 12.3. The molecule has 2 heterocycles. The number of nitrogens with one attached hydrogen (secondary N) is 1. The molecule has 2 rings (SSSR count). The van der Waals surface area contributed by atoms with Gasteiger partial charge in [0.05, 0.1) is 0 Å². The van der Waals surface area contributed by atoms with Crippen LogP contribution in [0.2, 0.25) is 0 Å². The van der Waals surface area contributed by atoms with Crippen molar-refractivity contribution in [3.63, 3.8) is 0 Å². The van der Waals surface area contributed by atoms with Crippen LogP contribution >= 0.6 is 11.3 Å². The lowest BCUT2D eigenvalue weighted by Gasteiger charge is -2.15. The fourth-order valence-electron chi connectivity index (χ4n) is 2.01. The first kappa shape index (κ1) is 15.9. The van der Waals surface area contributed by atoms with E-state index in [4.69, 9.17) is 0 Å². The highest BCUT2D eigenvalue weighted by Gasteiger charge is 2.35. The molecule has 0 spiro atoms. The Labute approximate surface area is 125 Å². The molecule has 2 aromatic rings. The summed E-state index contributed by atoms with van der Waals surface area (Å²) in [5, 5.41) is 2.42. The molecule has 0 saturated carbocycles. The molecule has 1 N–H and O–H groups in total. The first-order valence-corrected chi connectivity index (χ1v) is 7.48. The molecule has 1 atom stereocenters. The second-order valence-corrected chi connectivity index (χ2v) is 5.60. The van der Waals surface area contributed by atoms with Crippen molar-refractivity contribution in [1.82, 2.24) is 15.3 Å². The summed E-state index contributed by atoms with van der Waals surface area (Å²) in [5.41, 5.74) is 0.931. The lowest BCUT2D eigenvalue weighted by Crippen LogP contribution is -2.20. The highest BCUT2D eigenvalue weighted by atomic mass is 32.1. The van der Waals surface area contributed by atoms with E-state index in [1.54, 1.807) is 6.20 Å². The van der Waals surface area contributed by atoms with Gasteiger partial charge in [0.2, 0.25) is 0 Å². The number of hydrogen-bond donors (Lipinski definition) is 1. The Kier molecular flexibility index (Phi) is 5.30. The summed E-state index contributed by atoms with van der Waals surface area (Å²) in [6.07, 6.45) is 0.0497. The van der Waals surface area contributed by atoms with Gasteiger partial charge in [-0.1, -0.05) is 13.0 Å². The van der Waals surface area contributed by atoms with Crippen molar-refractivity contribution in [2.24, 2.45) is 0 Å². The van der Waals surface area contributed by atoms with E-state index < -0.39 is 11.2 Å². The monoisotopic (exact) mass is 315 g/mol. The van der Waals surface area contributed by atoms with E-state index in [0.29, 0.717) is 35.6 Å². The van der Waals surface area contributed by atoms with Gasteiger partial charge in [0, 0.05) is 29.0 Å². The summed E-state index contributed by atoms with van der Waals surface area (Å²) in [6.45, 7) is 2.62. The zero-order chi connectivity index (χ0) is 15.3. The van der Waals surface area contributed by atoms with Crippen LogP contribution in [-0.2, 0) is 12.6 Å². The van der Waals surface area contributed by atoms with Crippen molar-refractivity contribution in [1.29, 1.82) is 0 Å². The van der Waals surface area contributed by atoms with Crippen LogP contribution in [0.25, 0.3) is 0 Å². The molecule has 0 fully saturated rings. The predicted molar refractivity (Wildman–Crippen MR) is 76.1 cm³/mol. The molecule has 7 heteroatoms. The van der Waals surface area contributed by atoms with E-state index in [-0.39, 0.29) is 6.04 Å². The normalized spacial score (nSPS) is 13.3. The fourth-order valence-corrected chi connectivity index (χ4v) is 2.90. The third-order valence-corrected chi connectivity index (χ3v) is 4.13. The van der Waals surface area contributed by atoms with E-state index in [9.17, 15) is 13.2 Å². The summed E-state index contributed by atoms with van der Waals surface area (Å²) in [5.74, 6) is 0. The van der Waals surface area contributed by atoms with Crippen LogP contribution < -0.4 is 5.32 Å². The molecule has 0 aromatic carbocycles. The summed E-state index contributed by atoms with van der Waals surface area (Å²) in [6, 6.07) is 5.52. The van der Waals surface area contributed by atoms with Crippen LogP contribution in [0.5, 0.6) is 0 Å². The topological polar surface area (TPSA) is 37.8 Å². The largest absolute Gasteiger partial charge is 0.443 e. The summed E-state index contributed by atoms with van der Waals surface area (Å²) in [7, 11) is 0. The van der Waals surface area contributed by atoms with Gasteiger partial charge in [-0.2, -0.15) is 13.2 Å². The SMILES string of the molecule is CCNC(CCc1ccccn1)c1cnc(C(F)(F)F)s1. The van der Waals surface area contributed by atoms with Crippen LogP contribution in [0.4, 0.5) is 13.2 Å². The van der Waals surface area contributed by atoms with Crippen LogP contribution in [0, 0.1) is 0 Å². The maximum atomic E-state index is 12.6. The lowest BCUT2D eigenvalue weighted by atomic mass is 10.1. The fraction of sp³-hybridized carbons (Fsp3) is 0.429. The minimum Gasteiger partial charge on any atom is -0.309 e. The molecule has 0 radical (unpaired) electrons. The summed E-state index contributed by atoms with van der Waals surface area (Å²) >= 11 is 0.704. The third kappa shape index (κ3) is 4.50. The molecular weight excluding hydrogens is 299 g/mol. The van der Waals surface area contributed by atoms with E-state index >= 15 is 0 Å². The number of halogens is 3. The minimum atomic E-state index is -4.37. The molecular formula is C14H16F3N3S. The highest BCUT2D eigenvalue weighted by molar-refractivity contribution is 7.11. The quantitative estimate of drug-likeness (QED) is 0.880. The summed E-state index contributed by atoms with van der Waals surface area (Å²) < 4.78 is 37.9. The molecule has 0 bridgehead atoms. The maximum Gasteiger partial charge on any atom is 0.443 e. The maximum absolute atomic E-state index is 12.6. The average molecular weight is 315 g/mol. The second kappa shape index (κ2) is 7.00. The Balaban J connectivity index is 2.06. The Bertz CT molecular complexity index is 554. The molecule has 0 aliphatic heterocycles. The van der Waals surface area contributed by atoms with Gasteiger partial charge in [0.15, 0.2) is 5.01 Å². The molecule has 0 saturated heterocycles. The Morgan fingerprint density at radius 3 is 2.67 bits per heavy atom. The average Bonchev–Trinajstić information content (AvgIpc) is 2.94. The number of aryl methyl sites for hydroxylation is 1. The van der Waals surface area contributed by atoms with Crippen LogP contribution in [0.1, 0.15) is 35.0 Å². The highest BCUT2D eigenvalue weighted by Crippen LogP contribution is 2.35. The van der Waals surface area contributed by atoms with Gasteiger partial charge in [-0.05, 0) is 31.5 Å². The number of aromatic nitrogens is 2. The number of thiazole rings is 1. The van der Waals surface area contributed by atoms with Crippen LogP contribution in [0.3, 0.4) is 0 Å². The summed E-state index contributed by atoms with van der Waals surface area (Å²) in [4.78, 5) is 8.32. The Morgan fingerprint density at radius 2 is 2.10 bits per heavy atom. The molecule has 0 aliphatic rings. The lowest BCUT2D eigenvalue weighted by molar-refractivity contribution is -0.137. The number of rotatable bonds is 6. The molecule has 0 amide bonds. The Morgan fingerprint density at radius 1 is 1.29 bits per heavy atom. The van der Waals surface area contributed by atoms with Crippen molar-refractivity contribution in [3.8, 4) is 0 Å². The number of alkyl halides is 3. The standard InChI is InChI=1S/C14H16F3N3S/c1-2-18-11(7-6-10-5-3-4-8-19-10)12-9-20-13(21-12)14(15,16)17/h3-5,8-9,11,18H,2,6-7H2,1H3. The van der Waals surface area contributed by atoms with Gasteiger partial charge < -0.3 is 5.32 Å². The molecule has 0 aliphatic carbocycles. The van der Waals surface area contributed by atoms with Crippen molar-refractivity contribution in [2.75, 3.05) is 6.54 Å². The van der Waals surface area contributed by atoms with E-state index in [0.717, 1.165) is 5.69 Å². The van der Waals surface area contributed by atoms with E-state index in [2.05, 4.69) is 15.3 Å². The first-order valence-electron chi connectivity index (χ1n) is 6.67. The predicted octanol–water partition coefficient (Wildman–Crippen LogP) is 3.84. The van der Waals surface area contributed by atoms with Gasteiger partial charge in [-0.25, -0.2) is 4.98 Å². The number of pyridine rings is 1. The van der Waals surface area contributed by atoms with Gasteiger partial charge in [-0.3, -0.25) is 4.98 Å². The van der Waals surface area contributed by atoms with E-state index in [1.165, 1.54) is 6.20 Å². The van der Waals surface area contributed by atoms with Gasteiger partial charge in [0.25, 0.3) is 0 Å². The van der Waals surface area contributed by atoms with Crippen LogP contribution in [0.15, 0.2) is 30.6 Å². The van der Waals surface area contributed by atoms with Crippen molar-refractivity contribution in [2.45, 2.75) is 32.0 Å². The smallest absolute Gasteiger partial charge is 0.309 e. The van der Waals surface area contributed by atoms with E-state index in [1.807, 2.05) is 25.1 Å². The number of nitrogens with zero attached hydrogens (tertiary/aromatic N) is 2. The van der Waals surface area contributed by atoms with Gasteiger partial charge in [0.1, 0.15) is 0 Å². The molecule has 114 valence electrons. The van der Waals surface area contributed by atoms with Gasteiger partial charge >= 0.3 is 6.18 Å².